The maximum Gasteiger partial charge on any atom is 0.270 e. The van der Waals surface area contributed by atoms with Gasteiger partial charge in [0.15, 0.2) is 0 Å². The Bertz CT molecular complexity index is 1160. The Morgan fingerprint density at radius 1 is 0.968 bits per heavy atom. The molecular weight excluding hydrogens is 406 g/mol. The van der Waals surface area contributed by atoms with Crippen LogP contribution < -0.4 is 5.32 Å². The highest BCUT2D eigenvalue weighted by Gasteiger charge is 2.22. The second-order valence-corrected chi connectivity index (χ2v) is 7.85. The van der Waals surface area contributed by atoms with Crippen molar-refractivity contribution in [2.24, 2.45) is 0 Å². The minimum atomic E-state index is -0.188. The molecule has 1 heterocycles. The fourth-order valence-electron chi connectivity index (χ4n) is 3.64. The van der Waals surface area contributed by atoms with Crippen LogP contribution in [-0.2, 0) is 0 Å². The lowest BCUT2D eigenvalue weighted by Gasteiger charge is -2.18. The summed E-state index contributed by atoms with van der Waals surface area (Å²) >= 11 is 6.22. The minimum absolute atomic E-state index is 0.0746. The van der Waals surface area contributed by atoms with E-state index in [0.717, 1.165) is 29.5 Å². The van der Waals surface area contributed by atoms with E-state index < -0.39 is 0 Å². The number of aromatic amines is 1. The number of amides is 1. The lowest BCUT2D eigenvalue weighted by atomic mass is 10.0. The van der Waals surface area contributed by atoms with Crippen molar-refractivity contribution in [1.82, 2.24) is 15.3 Å². The van der Waals surface area contributed by atoms with Crippen LogP contribution in [-0.4, -0.2) is 15.9 Å². The van der Waals surface area contributed by atoms with Crippen LogP contribution in [0.15, 0.2) is 84.9 Å². The smallest absolute Gasteiger partial charge is 0.270 e. The highest BCUT2D eigenvalue weighted by atomic mass is 35.5. The van der Waals surface area contributed by atoms with Crippen LogP contribution in [0.2, 0.25) is 5.02 Å². The summed E-state index contributed by atoms with van der Waals surface area (Å²) in [5.41, 5.74) is 3.81. The SMILES string of the molecule is CCCC(NC(=O)c1[nH]c(-c2ccccc2)nc1-c1cccc(Cl)c1)c1ccccc1. The van der Waals surface area contributed by atoms with Gasteiger partial charge < -0.3 is 10.3 Å². The molecule has 1 unspecified atom stereocenters. The van der Waals surface area contributed by atoms with Crippen molar-refractivity contribution >= 4 is 17.5 Å². The molecule has 0 fully saturated rings. The molecule has 4 nitrogen and oxygen atoms in total. The zero-order valence-corrected chi connectivity index (χ0v) is 18.1. The number of nitrogens with zero attached hydrogens (tertiary/aromatic N) is 1. The first-order valence-electron chi connectivity index (χ1n) is 10.4. The lowest BCUT2D eigenvalue weighted by molar-refractivity contribution is 0.0930. The Kier molecular flexibility index (Phi) is 6.48. The van der Waals surface area contributed by atoms with Crippen LogP contribution in [0.5, 0.6) is 0 Å². The molecule has 0 aliphatic carbocycles. The molecule has 2 N–H and O–H groups in total. The van der Waals surface area contributed by atoms with Gasteiger partial charge in [0, 0.05) is 16.1 Å². The van der Waals surface area contributed by atoms with Gasteiger partial charge in [-0.3, -0.25) is 4.79 Å². The van der Waals surface area contributed by atoms with Gasteiger partial charge >= 0.3 is 0 Å². The van der Waals surface area contributed by atoms with Crippen molar-refractivity contribution in [3.63, 3.8) is 0 Å². The number of H-pyrrole nitrogens is 1. The van der Waals surface area contributed by atoms with Crippen LogP contribution in [0.1, 0.15) is 41.9 Å². The number of carbonyl (C=O) groups excluding carboxylic acids is 1. The fraction of sp³-hybridized carbons (Fsp3) is 0.154. The Hall–Kier alpha value is -3.37. The van der Waals surface area contributed by atoms with Gasteiger partial charge in [0.2, 0.25) is 0 Å². The highest BCUT2D eigenvalue weighted by molar-refractivity contribution is 6.30. The van der Waals surface area contributed by atoms with Gasteiger partial charge in [-0.2, -0.15) is 0 Å². The Morgan fingerprint density at radius 3 is 2.32 bits per heavy atom. The number of benzene rings is 3. The molecule has 0 aliphatic heterocycles. The number of halogens is 1. The van der Waals surface area contributed by atoms with E-state index >= 15 is 0 Å². The molecule has 31 heavy (non-hydrogen) atoms. The standard InChI is InChI=1S/C26H24ClN3O/c1-2-10-22(18-11-5-3-6-12-18)28-26(31)24-23(20-15-9-16-21(27)17-20)29-25(30-24)19-13-7-4-8-14-19/h3-9,11-17,22H,2,10H2,1H3,(H,28,31)(H,29,30). The fourth-order valence-corrected chi connectivity index (χ4v) is 3.83. The van der Waals surface area contributed by atoms with Gasteiger partial charge in [-0.05, 0) is 24.1 Å². The van der Waals surface area contributed by atoms with E-state index in [1.54, 1.807) is 0 Å². The maximum atomic E-state index is 13.4. The zero-order chi connectivity index (χ0) is 21.6. The van der Waals surface area contributed by atoms with Crippen molar-refractivity contribution in [2.45, 2.75) is 25.8 Å². The minimum Gasteiger partial charge on any atom is -0.344 e. The van der Waals surface area contributed by atoms with Crippen molar-refractivity contribution in [3.8, 4) is 22.6 Å². The molecule has 156 valence electrons. The molecule has 4 rings (SSSR count). The number of imidazole rings is 1. The van der Waals surface area contributed by atoms with Gasteiger partial charge in [0.1, 0.15) is 17.2 Å². The van der Waals surface area contributed by atoms with E-state index in [1.807, 2.05) is 84.9 Å². The van der Waals surface area contributed by atoms with Crippen LogP contribution in [0.25, 0.3) is 22.6 Å². The van der Waals surface area contributed by atoms with Crippen molar-refractivity contribution in [1.29, 1.82) is 0 Å². The molecule has 0 aliphatic rings. The molecule has 5 heteroatoms. The van der Waals surface area contributed by atoms with E-state index in [4.69, 9.17) is 16.6 Å². The third-order valence-corrected chi connectivity index (χ3v) is 5.40. The van der Waals surface area contributed by atoms with Crippen LogP contribution in [0.3, 0.4) is 0 Å². The molecule has 1 amide bonds. The molecule has 0 saturated carbocycles. The second-order valence-electron chi connectivity index (χ2n) is 7.41. The summed E-state index contributed by atoms with van der Waals surface area (Å²) in [4.78, 5) is 21.4. The topological polar surface area (TPSA) is 57.8 Å². The van der Waals surface area contributed by atoms with Crippen LogP contribution in [0, 0.1) is 0 Å². The molecule has 0 spiro atoms. The number of carbonyl (C=O) groups is 1. The molecule has 3 aromatic carbocycles. The first kappa shape index (κ1) is 20.9. The summed E-state index contributed by atoms with van der Waals surface area (Å²) in [6.07, 6.45) is 1.81. The molecule has 0 saturated heterocycles. The highest BCUT2D eigenvalue weighted by Crippen LogP contribution is 2.29. The van der Waals surface area contributed by atoms with Gasteiger partial charge in [-0.1, -0.05) is 97.7 Å². The third-order valence-electron chi connectivity index (χ3n) is 5.16. The molecule has 1 atom stereocenters. The zero-order valence-electron chi connectivity index (χ0n) is 17.3. The number of nitrogens with one attached hydrogen (secondary N) is 2. The van der Waals surface area contributed by atoms with Crippen molar-refractivity contribution < 1.29 is 4.79 Å². The normalized spacial score (nSPS) is 11.8. The number of hydrogen-bond donors (Lipinski definition) is 2. The average Bonchev–Trinajstić information content (AvgIpc) is 3.26. The molecule has 1 aromatic heterocycles. The Balaban J connectivity index is 1.73. The number of rotatable bonds is 7. The van der Waals surface area contributed by atoms with E-state index in [9.17, 15) is 4.79 Å². The van der Waals surface area contributed by atoms with Crippen molar-refractivity contribution in [3.05, 3.63) is 101 Å². The average molecular weight is 430 g/mol. The van der Waals surface area contributed by atoms with E-state index in [0.29, 0.717) is 22.2 Å². The maximum absolute atomic E-state index is 13.4. The van der Waals surface area contributed by atoms with Crippen molar-refractivity contribution in [2.75, 3.05) is 0 Å². The summed E-state index contributed by atoms with van der Waals surface area (Å²) in [6.45, 7) is 2.11. The van der Waals surface area contributed by atoms with Crippen LogP contribution >= 0.6 is 11.6 Å². The van der Waals surface area contributed by atoms with E-state index in [1.165, 1.54) is 0 Å². The first-order chi connectivity index (χ1) is 15.2. The monoisotopic (exact) mass is 429 g/mol. The molecule has 0 bridgehead atoms. The Morgan fingerprint density at radius 2 is 1.65 bits per heavy atom. The molecule has 4 aromatic rings. The summed E-state index contributed by atoms with van der Waals surface area (Å²) in [6, 6.07) is 27.2. The quantitative estimate of drug-likeness (QED) is 0.344. The summed E-state index contributed by atoms with van der Waals surface area (Å²) in [7, 11) is 0. The van der Waals surface area contributed by atoms with Gasteiger partial charge in [-0.15, -0.1) is 0 Å². The lowest BCUT2D eigenvalue weighted by Crippen LogP contribution is -2.29. The third kappa shape index (κ3) is 4.86. The molecule has 0 radical (unpaired) electrons. The summed E-state index contributed by atoms with van der Waals surface area (Å²) in [5, 5.41) is 3.80. The number of aromatic nitrogens is 2. The van der Waals surface area contributed by atoms with E-state index in [2.05, 4.69) is 17.2 Å². The predicted octanol–water partition coefficient (Wildman–Crippen LogP) is 6.67. The van der Waals surface area contributed by atoms with E-state index in [-0.39, 0.29) is 11.9 Å². The van der Waals surface area contributed by atoms with Gasteiger partial charge in [-0.25, -0.2) is 4.98 Å². The van der Waals surface area contributed by atoms with Gasteiger partial charge in [0.25, 0.3) is 5.91 Å². The summed E-state index contributed by atoms with van der Waals surface area (Å²) < 4.78 is 0. The first-order valence-corrected chi connectivity index (χ1v) is 10.8. The second kappa shape index (κ2) is 9.63. The van der Waals surface area contributed by atoms with Gasteiger partial charge in [0.05, 0.1) is 6.04 Å². The molecular formula is C26H24ClN3O. The largest absolute Gasteiger partial charge is 0.344 e. The predicted molar refractivity (Wildman–Crippen MR) is 126 cm³/mol. The summed E-state index contributed by atoms with van der Waals surface area (Å²) in [5.74, 6) is 0.458. The number of hydrogen-bond acceptors (Lipinski definition) is 2. The Labute approximate surface area is 187 Å². The van der Waals surface area contributed by atoms with Crippen LogP contribution in [0.4, 0.5) is 0 Å².